The Balaban J connectivity index is 2.02. The minimum Gasteiger partial charge on any atom is -0.450 e. The van der Waals surface area contributed by atoms with Crippen LogP contribution in [0.15, 0.2) is 58.8 Å². The van der Waals surface area contributed by atoms with Gasteiger partial charge in [0.25, 0.3) is 0 Å². The first-order valence-electron chi connectivity index (χ1n) is 11.9. The standard InChI is InChI=1S/C26H24F3N5O5S/c1-4-39-25(36)32-11-6-12-40(37,38)21-13-17(15-30)9-10-20(21)23-22(31-3)16(2)34(24(35)33-23)19-8-5-7-18(14-19)26(27,28)29/h5,7-10,13-14,23H,4,6,11-12H2,1-2H3,(H,32,36)(H,33,35)/t23-/m1/s1. The minimum atomic E-state index is -4.66. The van der Waals surface area contributed by atoms with E-state index in [1.165, 1.54) is 25.1 Å². The quantitative estimate of drug-likeness (QED) is 0.340. The number of halogens is 3. The molecule has 2 aromatic rings. The number of sulfone groups is 1. The molecule has 0 saturated carbocycles. The molecule has 1 aliphatic heterocycles. The highest BCUT2D eigenvalue weighted by Gasteiger charge is 2.37. The molecule has 0 aromatic heterocycles. The zero-order chi connectivity index (χ0) is 29.7. The van der Waals surface area contributed by atoms with E-state index in [0.717, 1.165) is 29.2 Å². The van der Waals surface area contributed by atoms with Gasteiger partial charge in [0.05, 0.1) is 47.1 Å². The van der Waals surface area contributed by atoms with Crippen molar-refractivity contribution in [3.8, 4) is 6.07 Å². The van der Waals surface area contributed by atoms with Gasteiger partial charge in [-0.2, -0.15) is 18.4 Å². The molecule has 2 N–H and O–H groups in total. The van der Waals surface area contributed by atoms with E-state index in [9.17, 15) is 36.4 Å². The number of urea groups is 1. The molecule has 14 heteroatoms. The summed E-state index contributed by atoms with van der Waals surface area (Å²) >= 11 is 0. The first kappa shape index (κ1) is 30.0. The van der Waals surface area contributed by atoms with Crippen LogP contribution < -0.4 is 15.5 Å². The Hall–Kier alpha value is -4.56. The molecule has 1 heterocycles. The van der Waals surface area contributed by atoms with Crippen molar-refractivity contribution in [1.82, 2.24) is 10.6 Å². The van der Waals surface area contributed by atoms with Crippen LogP contribution in [0.1, 0.15) is 43.0 Å². The number of rotatable bonds is 8. The molecule has 210 valence electrons. The average Bonchev–Trinajstić information content (AvgIpc) is 2.90. The van der Waals surface area contributed by atoms with Crippen molar-refractivity contribution in [3.05, 3.63) is 82.0 Å². The lowest BCUT2D eigenvalue weighted by molar-refractivity contribution is -0.137. The van der Waals surface area contributed by atoms with Crippen LogP contribution in [0.3, 0.4) is 0 Å². The van der Waals surface area contributed by atoms with Crippen molar-refractivity contribution in [1.29, 1.82) is 5.26 Å². The van der Waals surface area contributed by atoms with E-state index in [1.807, 2.05) is 6.07 Å². The Kier molecular flexibility index (Phi) is 9.06. The molecule has 0 bridgehead atoms. The number of carbonyl (C=O) groups excluding carboxylic acids is 2. The van der Waals surface area contributed by atoms with E-state index in [4.69, 9.17) is 11.3 Å². The van der Waals surface area contributed by atoms with E-state index < -0.39 is 45.5 Å². The van der Waals surface area contributed by atoms with E-state index in [0.29, 0.717) is 0 Å². The second-order valence-corrected chi connectivity index (χ2v) is 10.6. The minimum absolute atomic E-state index is 0.00224. The fourth-order valence-electron chi connectivity index (χ4n) is 4.09. The van der Waals surface area contributed by atoms with Crippen molar-refractivity contribution in [3.63, 3.8) is 0 Å². The number of alkyl carbamates (subject to hydrolysis) is 1. The van der Waals surface area contributed by atoms with Crippen molar-refractivity contribution in [2.75, 3.05) is 23.8 Å². The van der Waals surface area contributed by atoms with Gasteiger partial charge in [-0.1, -0.05) is 12.1 Å². The number of benzene rings is 2. The monoisotopic (exact) mass is 575 g/mol. The summed E-state index contributed by atoms with van der Waals surface area (Å²) in [6.45, 7) is 10.9. The van der Waals surface area contributed by atoms with Gasteiger partial charge in [0, 0.05) is 17.9 Å². The number of hydrogen-bond acceptors (Lipinski definition) is 6. The SMILES string of the molecule is [C-]#[N+]C1=C(C)N(c2cccc(C(F)(F)F)c2)C(=O)N[C@@H]1c1ccc(C#N)cc1S(=O)(=O)CCCNC(=O)OCC. The van der Waals surface area contributed by atoms with Gasteiger partial charge in [0.1, 0.15) is 0 Å². The third kappa shape index (κ3) is 6.52. The van der Waals surface area contributed by atoms with Gasteiger partial charge in [-0.25, -0.2) is 22.9 Å². The van der Waals surface area contributed by atoms with Gasteiger partial charge >= 0.3 is 18.3 Å². The van der Waals surface area contributed by atoms with Crippen molar-refractivity contribution in [2.24, 2.45) is 0 Å². The Bertz CT molecular complexity index is 1540. The van der Waals surface area contributed by atoms with Crippen molar-refractivity contribution < 1.29 is 35.9 Å². The maximum Gasteiger partial charge on any atom is 0.416 e. The molecule has 0 spiro atoms. The van der Waals surface area contributed by atoms with Crippen LogP contribution in [0.2, 0.25) is 0 Å². The van der Waals surface area contributed by atoms with Crippen LogP contribution in [-0.4, -0.2) is 39.4 Å². The van der Waals surface area contributed by atoms with Crippen LogP contribution >= 0.6 is 0 Å². The molecule has 10 nitrogen and oxygen atoms in total. The number of nitriles is 1. The first-order valence-corrected chi connectivity index (χ1v) is 13.5. The molecule has 1 atom stereocenters. The lowest BCUT2D eigenvalue weighted by Crippen LogP contribution is -2.46. The second-order valence-electron chi connectivity index (χ2n) is 8.53. The molecule has 3 amide bonds. The molecule has 0 radical (unpaired) electrons. The molecule has 0 fully saturated rings. The molecular formula is C26H24F3N5O5S. The number of alkyl halides is 3. The summed E-state index contributed by atoms with van der Waals surface area (Å²) in [6, 6.07) is 7.52. The van der Waals surface area contributed by atoms with Gasteiger partial charge in [0.15, 0.2) is 9.84 Å². The summed E-state index contributed by atoms with van der Waals surface area (Å²) in [7, 11) is -4.10. The van der Waals surface area contributed by atoms with Crippen LogP contribution in [0.25, 0.3) is 4.85 Å². The van der Waals surface area contributed by atoms with Gasteiger partial charge < -0.3 is 15.4 Å². The predicted octanol–water partition coefficient (Wildman–Crippen LogP) is 4.91. The third-order valence-electron chi connectivity index (χ3n) is 5.93. The molecule has 40 heavy (non-hydrogen) atoms. The largest absolute Gasteiger partial charge is 0.450 e. The van der Waals surface area contributed by atoms with Crippen molar-refractivity contribution in [2.45, 2.75) is 37.4 Å². The Morgan fingerprint density at radius 3 is 2.62 bits per heavy atom. The number of ether oxygens (including phenoxy) is 1. The predicted molar refractivity (Wildman–Crippen MR) is 137 cm³/mol. The molecular weight excluding hydrogens is 551 g/mol. The zero-order valence-electron chi connectivity index (χ0n) is 21.4. The summed E-state index contributed by atoms with van der Waals surface area (Å²) in [5.41, 5.74) is -1.21. The van der Waals surface area contributed by atoms with E-state index in [-0.39, 0.29) is 52.7 Å². The summed E-state index contributed by atoms with van der Waals surface area (Å²) in [5, 5.41) is 14.3. The van der Waals surface area contributed by atoms with Crippen molar-refractivity contribution >= 4 is 27.6 Å². The zero-order valence-corrected chi connectivity index (χ0v) is 22.2. The lowest BCUT2D eigenvalue weighted by Gasteiger charge is -2.34. The Labute approximate surface area is 228 Å². The topological polar surface area (TPSA) is 133 Å². The van der Waals surface area contributed by atoms with E-state index >= 15 is 0 Å². The van der Waals surface area contributed by atoms with E-state index in [2.05, 4.69) is 15.5 Å². The summed E-state index contributed by atoms with van der Waals surface area (Å²) in [5.74, 6) is -0.436. The maximum atomic E-state index is 13.3. The number of amides is 3. The molecule has 0 unspecified atom stereocenters. The number of hydrogen-bond donors (Lipinski definition) is 2. The highest BCUT2D eigenvalue weighted by Crippen LogP contribution is 2.38. The normalized spacial score (nSPS) is 15.6. The number of allylic oxidation sites excluding steroid dienone is 1. The summed E-state index contributed by atoms with van der Waals surface area (Å²) < 4.78 is 71.2. The fraction of sp³-hybridized carbons (Fsp3) is 0.308. The van der Waals surface area contributed by atoms with Gasteiger partial charge in [-0.15, -0.1) is 0 Å². The Morgan fingerprint density at radius 1 is 1.27 bits per heavy atom. The second kappa shape index (κ2) is 12.1. The smallest absolute Gasteiger partial charge is 0.416 e. The molecule has 2 aromatic carbocycles. The highest BCUT2D eigenvalue weighted by atomic mass is 32.2. The highest BCUT2D eigenvalue weighted by molar-refractivity contribution is 7.91. The number of nitrogens with one attached hydrogen (secondary N) is 2. The maximum absolute atomic E-state index is 13.3. The molecule has 1 aliphatic rings. The van der Waals surface area contributed by atoms with Crippen LogP contribution in [0, 0.1) is 17.9 Å². The van der Waals surface area contributed by atoms with Gasteiger partial charge in [0.2, 0.25) is 5.70 Å². The number of carbonyl (C=O) groups is 2. The van der Waals surface area contributed by atoms with Crippen LogP contribution in [0.5, 0.6) is 0 Å². The first-order chi connectivity index (χ1) is 18.8. The molecule has 0 saturated heterocycles. The van der Waals surface area contributed by atoms with E-state index in [1.54, 1.807) is 6.92 Å². The molecule has 0 aliphatic carbocycles. The molecule has 3 rings (SSSR count). The average molecular weight is 576 g/mol. The van der Waals surface area contributed by atoms with Gasteiger partial charge in [-0.3, -0.25) is 4.90 Å². The third-order valence-corrected chi connectivity index (χ3v) is 7.78. The number of nitrogens with zero attached hydrogens (tertiary/aromatic N) is 3. The summed E-state index contributed by atoms with van der Waals surface area (Å²) in [6.07, 6.45) is -5.37. The number of anilines is 1. The van der Waals surface area contributed by atoms with Crippen LogP contribution in [-0.2, 0) is 20.8 Å². The fourth-order valence-corrected chi connectivity index (χ4v) is 5.69. The summed E-state index contributed by atoms with van der Waals surface area (Å²) in [4.78, 5) is 28.7. The van der Waals surface area contributed by atoms with Gasteiger partial charge in [-0.05, 0) is 56.2 Å². The lowest BCUT2D eigenvalue weighted by atomic mass is 9.99. The van der Waals surface area contributed by atoms with Crippen LogP contribution in [0.4, 0.5) is 28.4 Å². The Morgan fingerprint density at radius 2 is 2.00 bits per heavy atom.